The number of fused-ring (bicyclic) bond motifs is 1. The number of carbonyl (C=O) groups is 2. The molecule has 2 heterocycles. The molecule has 0 fully saturated rings. The van der Waals surface area contributed by atoms with Gasteiger partial charge in [-0.15, -0.1) is 11.3 Å². The summed E-state index contributed by atoms with van der Waals surface area (Å²) in [7, 11) is 0. The number of nitrogens with zero attached hydrogens (tertiary/aromatic N) is 1. The van der Waals surface area contributed by atoms with Crippen LogP contribution >= 0.6 is 11.3 Å². The SMILES string of the molecule is O=C(CCC(=O)N1CCc2sccc2C1)Nc1ccccc1O. The Labute approximate surface area is 138 Å². The number of phenolic OH excluding ortho intramolecular Hbond substituents is 1. The number of nitrogens with one attached hydrogen (secondary N) is 1. The first-order valence-electron chi connectivity index (χ1n) is 7.54. The van der Waals surface area contributed by atoms with Gasteiger partial charge < -0.3 is 15.3 Å². The first-order valence-corrected chi connectivity index (χ1v) is 8.42. The van der Waals surface area contributed by atoms with Crippen LogP contribution < -0.4 is 5.32 Å². The van der Waals surface area contributed by atoms with Gasteiger partial charge in [-0.05, 0) is 35.6 Å². The lowest BCUT2D eigenvalue weighted by Crippen LogP contribution is -2.35. The normalized spacial score (nSPS) is 13.5. The third-order valence-electron chi connectivity index (χ3n) is 3.90. The first kappa shape index (κ1) is 15.6. The second-order valence-corrected chi connectivity index (χ2v) is 6.50. The third-order valence-corrected chi connectivity index (χ3v) is 4.93. The molecule has 6 heteroatoms. The standard InChI is InChI=1S/C17H18N2O3S/c20-14-4-2-1-3-13(14)18-16(21)5-6-17(22)19-9-7-15-12(11-19)8-10-23-15/h1-4,8,10,20H,5-7,9,11H2,(H,18,21). The Balaban J connectivity index is 1.49. The van der Waals surface area contributed by atoms with Crippen LogP contribution in [0, 0.1) is 0 Å². The molecule has 1 aromatic carbocycles. The van der Waals surface area contributed by atoms with E-state index in [4.69, 9.17) is 0 Å². The highest BCUT2D eigenvalue weighted by Gasteiger charge is 2.21. The molecule has 0 saturated carbocycles. The zero-order valence-corrected chi connectivity index (χ0v) is 13.4. The molecule has 1 aromatic heterocycles. The van der Waals surface area contributed by atoms with E-state index in [1.807, 2.05) is 4.90 Å². The quantitative estimate of drug-likeness (QED) is 0.847. The largest absolute Gasteiger partial charge is 0.506 e. The van der Waals surface area contributed by atoms with Crippen LogP contribution in [0.5, 0.6) is 5.75 Å². The highest BCUT2D eigenvalue weighted by Crippen LogP contribution is 2.25. The molecule has 0 unspecified atom stereocenters. The van der Waals surface area contributed by atoms with Crippen LogP contribution in [-0.4, -0.2) is 28.4 Å². The van der Waals surface area contributed by atoms with Crippen LogP contribution in [-0.2, 0) is 22.6 Å². The molecule has 120 valence electrons. The Morgan fingerprint density at radius 1 is 1.22 bits per heavy atom. The highest BCUT2D eigenvalue weighted by atomic mass is 32.1. The summed E-state index contributed by atoms with van der Waals surface area (Å²) in [5.74, 6) is -0.254. The number of rotatable bonds is 4. The van der Waals surface area contributed by atoms with Crippen LogP contribution in [0.1, 0.15) is 23.3 Å². The lowest BCUT2D eigenvalue weighted by atomic mass is 10.1. The Morgan fingerprint density at radius 3 is 2.87 bits per heavy atom. The third kappa shape index (κ3) is 3.71. The van der Waals surface area contributed by atoms with Gasteiger partial charge in [-0.3, -0.25) is 9.59 Å². The lowest BCUT2D eigenvalue weighted by molar-refractivity contribution is -0.133. The number of hydrogen-bond acceptors (Lipinski definition) is 4. The average molecular weight is 330 g/mol. The summed E-state index contributed by atoms with van der Waals surface area (Å²) in [5, 5.41) is 14.3. The fraction of sp³-hybridized carbons (Fsp3) is 0.294. The van der Waals surface area contributed by atoms with Gasteiger partial charge in [0.25, 0.3) is 0 Å². The molecule has 0 atom stereocenters. The summed E-state index contributed by atoms with van der Waals surface area (Å²) in [5.41, 5.74) is 1.58. The van der Waals surface area contributed by atoms with Gasteiger partial charge in [-0.1, -0.05) is 12.1 Å². The van der Waals surface area contributed by atoms with Gasteiger partial charge in [0.05, 0.1) is 5.69 Å². The summed E-state index contributed by atoms with van der Waals surface area (Å²) in [6, 6.07) is 8.60. The Kier molecular flexibility index (Phi) is 4.62. The van der Waals surface area contributed by atoms with Gasteiger partial charge in [-0.2, -0.15) is 0 Å². The van der Waals surface area contributed by atoms with Crippen molar-refractivity contribution in [3.8, 4) is 5.75 Å². The number of benzene rings is 1. The fourth-order valence-corrected chi connectivity index (χ4v) is 3.52. The highest BCUT2D eigenvalue weighted by molar-refractivity contribution is 7.10. The minimum Gasteiger partial charge on any atom is -0.506 e. The van der Waals surface area contributed by atoms with E-state index < -0.39 is 0 Å². The maximum atomic E-state index is 12.3. The van der Waals surface area contributed by atoms with Crippen LogP contribution in [0.4, 0.5) is 5.69 Å². The lowest BCUT2D eigenvalue weighted by Gasteiger charge is -2.27. The van der Waals surface area contributed by atoms with Gasteiger partial charge in [0.15, 0.2) is 0 Å². The van der Waals surface area contributed by atoms with Crippen LogP contribution in [0.25, 0.3) is 0 Å². The minimum atomic E-state index is -0.270. The first-order chi connectivity index (χ1) is 11.1. The predicted molar refractivity (Wildman–Crippen MR) is 89.4 cm³/mol. The summed E-state index contributed by atoms with van der Waals surface area (Å²) in [6.07, 6.45) is 1.18. The van der Waals surface area contributed by atoms with E-state index in [1.54, 1.807) is 29.5 Å². The van der Waals surface area contributed by atoms with Crippen LogP contribution in [0.3, 0.4) is 0 Å². The van der Waals surface area contributed by atoms with Crippen LogP contribution in [0.15, 0.2) is 35.7 Å². The van der Waals surface area contributed by atoms with Crippen molar-refractivity contribution in [1.29, 1.82) is 0 Å². The molecule has 0 saturated heterocycles. The molecule has 5 nitrogen and oxygen atoms in total. The zero-order chi connectivity index (χ0) is 16.2. The van der Waals surface area contributed by atoms with Crippen molar-refractivity contribution < 1.29 is 14.7 Å². The van der Waals surface area contributed by atoms with Gasteiger partial charge in [0.2, 0.25) is 11.8 Å². The monoisotopic (exact) mass is 330 g/mol. The van der Waals surface area contributed by atoms with Gasteiger partial charge >= 0.3 is 0 Å². The van der Waals surface area contributed by atoms with E-state index in [0.717, 1.165) is 6.42 Å². The van der Waals surface area contributed by atoms with Gasteiger partial charge in [0, 0.05) is 30.8 Å². The second-order valence-electron chi connectivity index (χ2n) is 5.50. The number of phenols is 1. The molecule has 0 radical (unpaired) electrons. The molecule has 1 aliphatic heterocycles. The van der Waals surface area contributed by atoms with Crippen molar-refractivity contribution >= 4 is 28.8 Å². The molecule has 3 rings (SSSR count). The number of thiophene rings is 1. The Bertz CT molecular complexity index is 726. The fourth-order valence-electron chi connectivity index (χ4n) is 2.63. The molecule has 2 aromatic rings. The van der Waals surface area contributed by atoms with E-state index in [0.29, 0.717) is 18.8 Å². The van der Waals surface area contributed by atoms with Crippen molar-refractivity contribution in [2.24, 2.45) is 0 Å². The van der Waals surface area contributed by atoms with E-state index in [1.165, 1.54) is 16.5 Å². The summed E-state index contributed by atoms with van der Waals surface area (Å²) < 4.78 is 0. The molecular formula is C17H18N2O3S. The second kappa shape index (κ2) is 6.83. The number of aromatic hydroxyl groups is 1. The molecular weight excluding hydrogens is 312 g/mol. The maximum Gasteiger partial charge on any atom is 0.224 e. The number of anilines is 1. The van der Waals surface area contributed by atoms with Gasteiger partial charge in [-0.25, -0.2) is 0 Å². The predicted octanol–water partition coefficient (Wildman–Crippen LogP) is 2.76. The van der Waals surface area contributed by atoms with E-state index >= 15 is 0 Å². The molecule has 1 aliphatic rings. The van der Waals surface area contributed by atoms with E-state index in [-0.39, 0.29) is 30.4 Å². The minimum absolute atomic E-state index is 0.00529. The van der Waals surface area contributed by atoms with Crippen molar-refractivity contribution in [1.82, 2.24) is 4.90 Å². The van der Waals surface area contributed by atoms with Crippen molar-refractivity contribution in [2.45, 2.75) is 25.8 Å². The van der Waals surface area contributed by atoms with Crippen molar-refractivity contribution in [2.75, 3.05) is 11.9 Å². The number of hydrogen-bond donors (Lipinski definition) is 2. The average Bonchev–Trinajstić information content (AvgIpc) is 3.02. The molecule has 2 N–H and O–H groups in total. The van der Waals surface area contributed by atoms with E-state index in [9.17, 15) is 14.7 Å². The summed E-state index contributed by atoms with van der Waals surface area (Å²) in [6.45, 7) is 1.35. The summed E-state index contributed by atoms with van der Waals surface area (Å²) in [4.78, 5) is 27.3. The molecule has 2 amide bonds. The molecule has 0 bridgehead atoms. The van der Waals surface area contributed by atoms with Crippen molar-refractivity contribution in [3.63, 3.8) is 0 Å². The maximum absolute atomic E-state index is 12.3. The molecule has 0 spiro atoms. The Morgan fingerprint density at radius 2 is 2.04 bits per heavy atom. The number of amides is 2. The summed E-state index contributed by atoms with van der Waals surface area (Å²) >= 11 is 1.73. The van der Waals surface area contributed by atoms with Crippen molar-refractivity contribution in [3.05, 3.63) is 46.2 Å². The topological polar surface area (TPSA) is 69.6 Å². The zero-order valence-electron chi connectivity index (χ0n) is 12.6. The Hall–Kier alpha value is -2.34. The smallest absolute Gasteiger partial charge is 0.224 e. The number of para-hydroxylation sites is 2. The molecule has 23 heavy (non-hydrogen) atoms. The van der Waals surface area contributed by atoms with Gasteiger partial charge in [0.1, 0.15) is 5.75 Å². The molecule has 0 aliphatic carbocycles. The van der Waals surface area contributed by atoms with Crippen LogP contribution in [0.2, 0.25) is 0 Å². The number of carbonyl (C=O) groups excluding carboxylic acids is 2. The van der Waals surface area contributed by atoms with E-state index in [2.05, 4.69) is 16.8 Å².